The summed E-state index contributed by atoms with van der Waals surface area (Å²) in [6.07, 6.45) is 7.99. The number of hydrogen-bond donors (Lipinski definition) is 2. The minimum absolute atomic E-state index is 0.00121. The number of aliphatic hydroxyl groups excluding tert-OH is 1. The average Bonchev–Trinajstić information content (AvgIpc) is 3.42. The zero-order valence-electron chi connectivity index (χ0n) is 25.8. The number of fused-ring (bicyclic) bond motifs is 7. The number of carbonyl (C=O) groups is 2. The fourth-order valence-electron chi connectivity index (χ4n) is 11.4. The molecular weight excluding hydrogens is 502 g/mol. The molecule has 0 saturated heterocycles. The maximum Gasteiger partial charge on any atom is 0.270 e. The first-order chi connectivity index (χ1) is 18.6. The van der Waals surface area contributed by atoms with Gasteiger partial charge in [-0.1, -0.05) is 53.6 Å². The first-order valence-corrected chi connectivity index (χ1v) is 15.6. The number of nitrogens with one attached hydrogen (secondary N) is 1. The van der Waals surface area contributed by atoms with Gasteiger partial charge in [-0.15, -0.1) is 5.10 Å². The highest BCUT2D eigenvalue weighted by Gasteiger charge is 2.70. The van der Waals surface area contributed by atoms with Gasteiger partial charge in [0.15, 0.2) is 5.78 Å². The smallest absolute Gasteiger partial charge is 0.270 e. The third-order valence-electron chi connectivity index (χ3n) is 13.6. The van der Waals surface area contributed by atoms with E-state index in [9.17, 15) is 14.7 Å². The second-order valence-corrected chi connectivity index (χ2v) is 15.7. The Bertz CT molecular complexity index is 1280. The highest BCUT2D eigenvalue weighted by molar-refractivity contribution is 6.09. The zero-order chi connectivity index (χ0) is 29.0. The molecule has 1 aromatic rings. The summed E-state index contributed by atoms with van der Waals surface area (Å²) < 4.78 is 0. The molecule has 40 heavy (non-hydrogen) atoms. The number of allylic oxidation sites excluding steroid dienone is 1. The number of Topliss-reactive ketones (excluding diaryl/α,β-unsaturated/α-hetero) is 1. The molecule has 0 spiro atoms. The molecule has 8 heteroatoms. The van der Waals surface area contributed by atoms with Gasteiger partial charge in [-0.25, -0.2) is 0 Å². The van der Waals surface area contributed by atoms with Gasteiger partial charge in [0, 0.05) is 6.42 Å². The molecule has 8 nitrogen and oxygen atoms in total. The molecular formula is C32H49N5O3. The predicted molar refractivity (Wildman–Crippen MR) is 153 cm³/mol. The van der Waals surface area contributed by atoms with Crippen LogP contribution >= 0.6 is 0 Å². The number of amides is 1. The van der Waals surface area contributed by atoms with Gasteiger partial charge in [0.2, 0.25) is 5.91 Å². The Morgan fingerprint density at radius 2 is 1.70 bits per heavy atom. The Morgan fingerprint density at radius 1 is 0.975 bits per heavy atom. The van der Waals surface area contributed by atoms with E-state index in [0.29, 0.717) is 18.3 Å². The quantitative estimate of drug-likeness (QED) is 0.514. The highest BCUT2D eigenvalue weighted by atomic mass is 16.3. The van der Waals surface area contributed by atoms with Crippen molar-refractivity contribution in [1.29, 1.82) is 0 Å². The lowest BCUT2D eigenvalue weighted by atomic mass is 9.33. The van der Waals surface area contributed by atoms with Crippen LogP contribution in [0.15, 0.2) is 11.1 Å². The summed E-state index contributed by atoms with van der Waals surface area (Å²) in [5.74, 6) is 1.55. The fraction of sp³-hybridized carbons (Fsp3) is 0.844. The van der Waals surface area contributed by atoms with Crippen molar-refractivity contribution in [3.05, 3.63) is 11.1 Å². The maximum absolute atomic E-state index is 14.1. The third kappa shape index (κ3) is 3.43. The molecule has 220 valence electrons. The van der Waals surface area contributed by atoms with Gasteiger partial charge in [0.05, 0.1) is 18.6 Å². The molecule has 2 N–H and O–H groups in total. The monoisotopic (exact) mass is 551 g/mol. The van der Waals surface area contributed by atoms with Crippen molar-refractivity contribution in [1.82, 2.24) is 20.2 Å². The van der Waals surface area contributed by atoms with Crippen molar-refractivity contribution in [3.63, 3.8) is 0 Å². The van der Waals surface area contributed by atoms with E-state index in [1.54, 1.807) is 7.05 Å². The van der Waals surface area contributed by atoms with Crippen molar-refractivity contribution >= 4 is 17.6 Å². The zero-order valence-corrected chi connectivity index (χ0v) is 25.8. The summed E-state index contributed by atoms with van der Waals surface area (Å²) in [7, 11) is 1.68. The molecule has 5 aliphatic rings. The van der Waals surface area contributed by atoms with Crippen LogP contribution in [-0.4, -0.2) is 43.1 Å². The number of rotatable bonds is 3. The lowest BCUT2D eigenvalue weighted by molar-refractivity contribution is -0.228. The second-order valence-electron chi connectivity index (χ2n) is 15.7. The second kappa shape index (κ2) is 8.71. The van der Waals surface area contributed by atoms with Crippen molar-refractivity contribution in [2.75, 3.05) is 5.32 Å². The molecule has 0 aromatic carbocycles. The molecule has 1 aromatic heterocycles. The van der Waals surface area contributed by atoms with Crippen molar-refractivity contribution < 1.29 is 14.7 Å². The Morgan fingerprint density at radius 3 is 2.35 bits per heavy atom. The van der Waals surface area contributed by atoms with Gasteiger partial charge in [-0.3, -0.25) is 14.9 Å². The summed E-state index contributed by atoms with van der Waals surface area (Å²) in [6, 6.07) is 0. The van der Waals surface area contributed by atoms with E-state index in [2.05, 4.69) is 69.2 Å². The molecule has 8 atom stereocenters. The molecule has 0 radical (unpaired) electrons. The van der Waals surface area contributed by atoms with Crippen LogP contribution in [0.25, 0.3) is 0 Å². The van der Waals surface area contributed by atoms with Crippen molar-refractivity contribution in [2.24, 2.45) is 57.8 Å². The number of aliphatic hydroxyl groups is 1. The number of nitrogens with zero attached hydrogens (tertiary/aromatic N) is 4. The van der Waals surface area contributed by atoms with E-state index < -0.39 is 5.41 Å². The van der Waals surface area contributed by atoms with E-state index in [1.807, 2.05) is 0 Å². The van der Waals surface area contributed by atoms with E-state index in [-0.39, 0.29) is 63.7 Å². The van der Waals surface area contributed by atoms with Crippen LogP contribution in [0.2, 0.25) is 0 Å². The Labute approximate surface area is 239 Å². The van der Waals surface area contributed by atoms with E-state index in [4.69, 9.17) is 0 Å². The topological polar surface area (TPSA) is 110 Å². The highest BCUT2D eigenvalue weighted by Crippen LogP contribution is 2.76. The van der Waals surface area contributed by atoms with Crippen LogP contribution in [-0.2, 0) is 16.6 Å². The standard InChI is InChI=1S/C32H49N5O3/c1-18(2)24-20(38)17-32(26(40)33-27-34-36-37(8)35-27)16-15-30(6)19(25(24)32)9-10-22-29(5)13-12-23(39)28(3,4)21(29)11-14-31(22,30)7/h18-19,21-23,39H,9-17H2,1-8H3,(H,33,35,40)/t19?,21?,22?,23-,29-,30+,31+,32+/m0/s1. The number of ketones is 1. The van der Waals surface area contributed by atoms with Crippen LogP contribution in [0.4, 0.5) is 5.95 Å². The number of tetrazole rings is 1. The van der Waals surface area contributed by atoms with Gasteiger partial charge < -0.3 is 5.11 Å². The third-order valence-corrected chi connectivity index (χ3v) is 13.6. The minimum atomic E-state index is -0.832. The van der Waals surface area contributed by atoms with Gasteiger partial charge in [-0.05, 0) is 113 Å². The lowest BCUT2D eigenvalue weighted by Crippen LogP contribution is -2.66. The first kappa shape index (κ1) is 28.0. The van der Waals surface area contributed by atoms with Gasteiger partial charge in [-0.2, -0.15) is 4.80 Å². The van der Waals surface area contributed by atoms with Crippen LogP contribution in [0, 0.1) is 50.7 Å². The minimum Gasteiger partial charge on any atom is -0.393 e. The maximum atomic E-state index is 14.1. The van der Waals surface area contributed by atoms with Crippen LogP contribution < -0.4 is 5.32 Å². The van der Waals surface area contributed by atoms with Gasteiger partial charge in [0.25, 0.3) is 5.95 Å². The van der Waals surface area contributed by atoms with Crippen molar-refractivity contribution in [2.45, 2.75) is 112 Å². The van der Waals surface area contributed by atoms with E-state index in [0.717, 1.165) is 56.1 Å². The summed E-state index contributed by atoms with van der Waals surface area (Å²) >= 11 is 0. The number of hydrogen-bond acceptors (Lipinski definition) is 6. The summed E-state index contributed by atoms with van der Waals surface area (Å²) in [5.41, 5.74) is 1.42. The molecule has 0 bridgehead atoms. The predicted octanol–water partition coefficient (Wildman–Crippen LogP) is 5.49. The molecule has 0 aliphatic heterocycles. The molecule has 4 fully saturated rings. The van der Waals surface area contributed by atoms with Crippen molar-refractivity contribution in [3.8, 4) is 0 Å². The summed E-state index contributed by atoms with van der Waals surface area (Å²) in [6.45, 7) is 16.4. The van der Waals surface area contributed by atoms with Crippen LogP contribution in [0.3, 0.4) is 0 Å². The Balaban J connectivity index is 1.42. The number of anilines is 1. The molecule has 3 unspecified atom stereocenters. The fourth-order valence-corrected chi connectivity index (χ4v) is 11.4. The van der Waals surface area contributed by atoms with Crippen LogP contribution in [0.1, 0.15) is 106 Å². The Kier molecular flexibility index (Phi) is 6.11. The lowest BCUT2D eigenvalue weighted by Gasteiger charge is -2.72. The summed E-state index contributed by atoms with van der Waals surface area (Å²) in [5, 5.41) is 26.0. The summed E-state index contributed by atoms with van der Waals surface area (Å²) in [4.78, 5) is 29.2. The van der Waals surface area contributed by atoms with Gasteiger partial charge >= 0.3 is 0 Å². The SMILES string of the molecule is CC(C)C1=C2C3CCC4[C@@]5(C)CC[C@H](O)C(C)(C)C5CC[C@@]4(C)[C@]3(C)CC[C@@]2(C(=O)Nc2nnn(C)n2)CC1=O. The van der Waals surface area contributed by atoms with E-state index in [1.165, 1.54) is 4.80 Å². The molecule has 1 heterocycles. The molecule has 6 rings (SSSR count). The number of carbonyl (C=O) groups excluding carboxylic acids is 2. The molecule has 4 saturated carbocycles. The first-order valence-electron chi connectivity index (χ1n) is 15.6. The average molecular weight is 552 g/mol. The molecule has 5 aliphatic carbocycles. The number of aryl methyl sites for hydroxylation is 1. The number of aromatic nitrogens is 4. The van der Waals surface area contributed by atoms with Gasteiger partial charge in [0.1, 0.15) is 0 Å². The largest absolute Gasteiger partial charge is 0.393 e. The molecule has 1 amide bonds. The van der Waals surface area contributed by atoms with E-state index >= 15 is 0 Å². The van der Waals surface area contributed by atoms with Crippen LogP contribution in [0.5, 0.6) is 0 Å². The normalized spacial score (nSPS) is 44.1. The Hall–Kier alpha value is -2.09.